The highest BCUT2D eigenvalue weighted by atomic mass is 35.5. The van der Waals surface area contributed by atoms with Crippen LogP contribution in [0.1, 0.15) is 4.88 Å². The van der Waals surface area contributed by atoms with Gasteiger partial charge in [0.05, 0.1) is 22.8 Å². The molecule has 0 aliphatic heterocycles. The van der Waals surface area contributed by atoms with Crippen molar-refractivity contribution in [1.29, 1.82) is 0 Å². The second-order valence-corrected chi connectivity index (χ2v) is 5.25. The van der Waals surface area contributed by atoms with Gasteiger partial charge in [0.25, 0.3) is 0 Å². The van der Waals surface area contributed by atoms with Crippen LogP contribution >= 0.6 is 22.9 Å². The summed E-state index contributed by atoms with van der Waals surface area (Å²) in [5, 5.41) is 6.71. The topological polar surface area (TPSA) is 72.9 Å². The number of hydrogen-bond acceptors (Lipinski definition) is 4. The summed E-state index contributed by atoms with van der Waals surface area (Å²) in [7, 11) is 0. The fourth-order valence-corrected chi connectivity index (χ4v) is 2.33. The van der Waals surface area contributed by atoms with E-state index in [-0.39, 0.29) is 12.5 Å². The Balaban J connectivity index is 1.82. The SMILES string of the molecule is Nc1cnn(CC(=O)NCc2ccc(Cl)s2)c1. The van der Waals surface area contributed by atoms with E-state index in [0.717, 1.165) is 4.88 Å². The molecule has 0 saturated carbocycles. The highest BCUT2D eigenvalue weighted by Crippen LogP contribution is 2.20. The normalized spacial score (nSPS) is 10.4. The molecular weight excluding hydrogens is 260 g/mol. The van der Waals surface area contributed by atoms with Crippen molar-refractivity contribution in [3.05, 3.63) is 33.7 Å². The van der Waals surface area contributed by atoms with Crippen LogP contribution in [-0.4, -0.2) is 15.7 Å². The number of anilines is 1. The van der Waals surface area contributed by atoms with Gasteiger partial charge >= 0.3 is 0 Å². The number of carbonyl (C=O) groups is 1. The molecule has 0 radical (unpaired) electrons. The van der Waals surface area contributed by atoms with Crippen LogP contribution in [-0.2, 0) is 17.9 Å². The lowest BCUT2D eigenvalue weighted by Crippen LogP contribution is -2.26. The van der Waals surface area contributed by atoms with E-state index < -0.39 is 0 Å². The molecule has 3 N–H and O–H groups in total. The molecule has 0 unspecified atom stereocenters. The van der Waals surface area contributed by atoms with E-state index in [0.29, 0.717) is 16.6 Å². The summed E-state index contributed by atoms with van der Waals surface area (Å²) in [6.07, 6.45) is 3.12. The van der Waals surface area contributed by atoms with Crippen molar-refractivity contribution < 1.29 is 4.79 Å². The van der Waals surface area contributed by atoms with Crippen LogP contribution in [0.4, 0.5) is 5.69 Å². The van der Waals surface area contributed by atoms with Crippen LogP contribution in [0.25, 0.3) is 0 Å². The lowest BCUT2D eigenvalue weighted by atomic mass is 10.4. The summed E-state index contributed by atoms with van der Waals surface area (Å²) in [5.41, 5.74) is 6.04. The van der Waals surface area contributed by atoms with Crippen LogP contribution in [0.3, 0.4) is 0 Å². The summed E-state index contributed by atoms with van der Waals surface area (Å²) in [6.45, 7) is 0.642. The number of thiophene rings is 1. The number of carbonyl (C=O) groups excluding carboxylic acids is 1. The summed E-state index contributed by atoms with van der Waals surface area (Å²) < 4.78 is 2.21. The summed E-state index contributed by atoms with van der Waals surface area (Å²) >= 11 is 7.23. The van der Waals surface area contributed by atoms with Crippen LogP contribution < -0.4 is 11.1 Å². The number of nitrogens with two attached hydrogens (primary N) is 1. The van der Waals surface area contributed by atoms with E-state index in [1.807, 2.05) is 12.1 Å². The Hall–Kier alpha value is -1.53. The Morgan fingerprint density at radius 1 is 1.59 bits per heavy atom. The second-order valence-electron chi connectivity index (χ2n) is 3.45. The molecule has 2 aromatic heterocycles. The maximum absolute atomic E-state index is 11.6. The molecule has 0 bridgehead atoms. The smallest absolute Gasteiger partial charge is 0.242 e. The third kappa shape index (κ3) is 3.47. The van der Waals surface area contributed by atoms with E-state index in [4.69, 9.17) is 17.3 Å². The van der Waals surface area contributed by atoms with Crippen LogP contribution in [0.5, 0.6) is 0 Å². The van der Waals surface area contributed by atoms with Crippen LogP contribution in [0.2, 0.25) is 4.34 Å². The molecule has 7 heteroatoms. The first-order chi connectivity index (χ1) is 8.13. The first kappa shape index (κ1) is 11.9. The van der Waals surface area contributed by atoms with E-state index in [9.17, 15) is 4.79 Å². The van der Waals surface area contributed by atoms with Gasteiger partial charge in [0.15, 0.2) is 0 Å². The average Bonchev–Trinajstić information content (AvgIpc) is 2.85. The van der Waals surface area contributed by atoms with Gasteiger partial charge in [-0.2, -0.15) is 5.10 Å². The van der Waals surface area contributed by atoms with Crippen LogP contribution in [0, 0.1) is 0 Å². The largest absolute Gasteiger partial charge is 0.396 e. The molecule has 90 valence electrons. The minimum absolute atomic E-state index is 0.113. The third-order valence-electron chi connectivity index (χ3n) is 2.05. The van der Waals surface area contributed by atoms with Gasteiger partial charge in [0.2, 0.25) is 5.91 Å². The monoisotopic (exact) mass is 270 g/mol. The van der Waals surface area contributed by atoms with Gasteiger partial charge in [-0.15, -0.1) is 11.3 Å². The maximum Gasteiger partial charge on any atom is 0.242 e. The van der Waals surface area contributed by atoms with Gasteiger partial charge in [-0.3, -0.25) is 9.48 Å². The predicted octanol–water partition coefficient (Wildman–Crippen LogP) is 1.50. The molecule has 5 nitrogen and oxygen atoms in total. The predicted molar refractivity (Wildman–Crippen MR) is 67.8 cm³/mol. The third-order valence-corrected chi connectivity index (χ3v) is 3.28. The lowest BCUT2D eigenvalue weighted by Gasteiger charge is -2.03. The molecule has 0 aliphatic carbocycles. The van der Waals surface area contributed by atoms with Crippen molar-refractivity contribution in [1.82, 2.24) is 15.1 Å². The number of halogens is 1. The molecule has 2 aromatic rings. The highest BCUT2D eigenvalue weighted by Gasteiger charge is 2.04. The molecule has 0 aromatic carbocycles. The Labute approximate surface area is 107 Å². The Morgan fingerprint density at radius 2 is 2.41 bits per heavy atom. The van der Waals surface area contributed by atoms with Gasteiger partial charge in [0, 0.05) is 11.1 Å². The van der Waals surface area contributed by atoms with E-state index in [1.165, 1.54) is 22.2 Å². The van der Waals surface area contributed by atoms with Crippen LogP contribution in [0.15, 0.2) is 24.5 Å². The molecule has 17 heavy (non-hydrogen) atoms. The fourth-order valence-electron chi connectivity index (χ4n) is 1.30. The first-order valence-corrected chi connectivity index (χ1v) is 6.12. The van der Waals surface area contributed by atoms with Gasteiger partial charge < -0.3 is 11.1 Å². The molecular formula is C10H11ClN4OS. The molecule has 0 spiro atoms. The minimum Gasteiger partial charge on any atom is -0.396 e. The number of nitrogens with zero attached hydrogens (tertiary/aromatic N) is 2. The number of nitrogen functional groups attached to an aromatic ring is 1. The maximum atomic E-state index is 11.6. The number of nitrogens with one attached hydrogen (secondary N) is 1. The fraction of sp³-hybridized carbons (Fsp3) is 0.200. The second kappa shape index (κ2) is 5.20. The van der Waals surface area contributed by atoms with Crippen molar-refractivity contribution in [2.75, 3.05) is 5.73 Å². The number of rotatable bonds is 4. The molecule has 0 fully saturated rings. The van der Waals surface area contributed by atoms with Crippen molar-refractivity contribution in [2.45, 2.75) is 13.1 Å². The number of amides is 1. The van der Waals surface area contributed by atoms with Crippen molar-refractivity contribution in [2.24, 2.45) is 0 Å². The van der Waals surface area contributed by atoms with E-state index >= 15 is 0 Å². The zero-order chi connectivity index (χ0) is 12.3. The van der Waals surface area contributed by atoms with E-state index in [1.54, 1.807) is 6.20 Å². The molecule has 2 rings (SSSR count). The summed E-state index contributed by atoms with van der Waals surface area (Å²) in [6, 6.07) is 3.70. The van der Waals surface area contributed by atoms with E-state index in [2.05, 4.69) is 10.4 Å². The summed E-state index contributed by atoms with van der Waals surface area (Å²) in [4.78, 5) is 12.6. The molecule has 2 heterocycles. The average molecular weight is 271 g/mol. The Kier molecular flexibility index (Phi) is 3.65. The van der Waals surface area contributed by atoms with Crippen molar-refractivity contribution in [3.8, 4) is 0 Å². The standard InChI is InChI=1S/C10H11ClN4OS/c11-9-2-1-8(17-9)4-13-10(16)6-15-5-7(12)3-14-15/h1-3,5H,4,6,12H2,(H,13,16). The van der Waals surface area contributed by atoms with Crippen molar-refractivity contribution in [3.63, 3.8) is 0 Å². The highest BCUT2D eigenvalue weighted by molar-refractivity contribution is 7.16. The van der Waals surface area contributed by atoms with Gasteiger partial charge in [-0.1, -0.05) is 11.6 Å². The molecule has 0 atom stereocenters. The molecule has 0 saturated heterocycles. The molecule has 0 aliphatic rings. The number of aromatic nitrogens is 2. The summed E-state index contributed by atoms with van der Waals surface area (Å²) in [5.74, 6) is -0.113. The van der Waals surface area contributed by atoms with Gasteiger partial charge in [-0.05, 0) is 12.1 Å². The minimum atomic E-state index is -0.113. The lowest BCUT2D eigenvalue weighted by molar-refractivity contribution is -0.122. The Bertz CT molecular complexity index is 522. The zero-order valence-electron chi connectivity index (χ0n) is 8.89. The number of hydrogen-bond donors (Lipinski definition) is 2. The first-order valence-electron chi connectivity index (χ1n) is 4.92. The zero-order valence-corrected chi connectivity index (χ0v) is 10.5. The van der Waals surface area contributed by atoms with Crippen molar-refractivity contribution >= 4 is 34.5 Å². The Morgan fingerprint density at radius 3 is 3.00 bits per heavy atom. The van der Waals surface area contributed by atoms with Gasteiger partial charge in [-0.25, -0.2) is 0 Å². The van der Waals surface area contributed by atoms with Gasteiger partial charge in [0.1, 0.15) is 6.54 Å². The quantitative estimate of drug-likeness (QED) is 0.884. The molecule has 1 amide bonds.